The van der Waals surface area contributed by atoms with Gasteiger partial charge in [0.15, 0.2) is 5.82 Å². The molecule has 3 rings (SSSR count). The van der Waals surface area contributed by atoms with Gasteiger partial charge in [0.1, 0.15) is 18.3 Å². The highest BCUT2D eigenvalue weighted by molar-refractivity contribution is 7.10. The van der Waals surface area contributed by atoms with Gasteiger partial charge in [-0.25, -0.2) is 4.98 Å². The molecule has 0 N–H and O–H groups in total. The third-order valence-corrected chi connectivity index (χ3v) is 5.07. The number of nitrogens with zero attached hydrogens (tertiary/aromatic N) is 4. The molecule has 1 aliphatic rings. The fourth-order valence-electron chi connectivity index (χ4n) is 2.51. The van der Waals surface area contributed by atoms with Gasteiger partial charge in [0, 0.05) is 24.4 Å². The molecule has 1 atom stereocenters. The van der Waals surface area contributed by atoms with Crippen LogP contribution in [-0.4, -0.2) is 52.8 Å². The summed E-state index contributed by atoms with van der Waals surface area (Å²) in [5.41, 5.74) is 0.360. The summed E-state index contributed by atoms with van der Waals surface area (Å²) in [5, 5.41) is 6.71. The van der Waals surface area contributed by atoms with Gasteiger partial charge in [-0.3, -0.25) is 4.79 Å². The summed E-state index contributed by atoms with van der Waals surface area (Å²) in [6.45, 7) is 7.72. The minimum Gasteiger partial charge on any atom is -0.377 e. The van der Waals surface area contributed by atoms with E-state index in [1.165, 1.54) is 11.3 Å². The smallest absolute Gasteiger partial charge is 0.274 e. The first-order valence-corrected chi connectivity index (χ1v) is 8.94. The van der Waals surface area contributed by atoms with Crippen LogP contribution in [0.2, 0.25) is 0 Å². The Morgan fingerprint density at radius 2 is 2.24 bits per heavy atom. The molecule has 1 fully saturated rings. The first kappa shape index (κ1) is 18.0. The normalized spacial score (nSPS) is 18.6. The molecule has 25 heavy (non-hydrogen) atoms. The van der Waals surface area contributed by atoms with Gasteiger partial charge in [-0.2, -0.15) is 4.98 Å². The fourth-order valence-corrected chi connectivity index (χ4v) is 3.39. The van der Waals surface area contributed by atoms with Gasteiger partial charge < -0.3 is 18.9 Å². The lowest BCUT2D eigenvalue weighted by Crippen LogP contribution is -2.44. The van der Waals surface area contributed by atoms with Crippen LogP contribution in [-0.2, 0) is 21.5 Å². The maximum Gasteiger partial charge on any atom is 0.274 e. The highest BCUT2D eigenvalue weighted by Crippen LogP contribution is 2.28. The van der Waals surface area contributed by atoms with E-state index in [9.17, 15) is 4.79 Å². The topological polar surface area (TPSA) is 90.6 Å². The summed E-state index contributed by atoms with van der Waals surface area (Å²) in [6.07, 6.45) is 0. The molecule has 8 nitrogen and oxygen atoms in total. The molecule has 3 heterocycles. The van der Waals surface area contributed by atoms with Crippen molar-refractivity contribution < 1.29 is 18.8 Å². The number of hydrogen-bond donors (Lipinski definition) is 0. The van der Waals surface area contributed by atoms with E-state index in [2.05, 4.69) is 35.9 Å². The molecule has 0 radical (unpaired) electrons. The minimum atomic E-state index is -0.393. The Kier molecular flexibility index (Phi) is 5.16. The second-order valence-electron chi connectivity index (χ2n) is 6.86. The van der Waals surface area contributed by atoms with Crippen LogP contribution < -0.4 is 0 Å². The quantitative estimate of drug-likeness (QED) is 0.819. The molecule has 9 heteroatoms. The molecule has 1 saturated heterocycles. The lowest BCUT2D eigenvalue weighted by Gasteiger charge is -2.33. The van der Waals surface area contributed by atoms with Crippen molar-refractivity contribution >= 4 is 17.2 Å². The molecule has 136 valence electrons. The molecule has 0 aromatic carbocycles. The molecule has 0 spiro atoms. The van der Waals surface area contributed by atoms with Crippen LogP contribution in [0.3, 0.4) is 0 Å². The van der Waals surface area contributed by atoms with Gasteiger partial charge in [0.25, 0.3) is 11.8 Å². The van der Waals surface area contributed by atoms with E-state index in [4.69, 9.17) is 14.0 Å². The number of aromatic nitrogens is 3. The minimum absolute atomic E-state index is 0.0870. The zero-order valence-corrected chi connectivity index (χ0v) is 15.6. The van der Waals surface area contributed by atoms with Crippen LogP contribution in [0.25, 0.3) is 0 Å². The van der Waals surface area contributed by atoms with Crippen LogP contribution >= 0.6 is 11.3 Å². The van der Waals surface area contributed by atoms with Crippen molar-refractivity contribution in [3.8, 4) is 0 Å². The summed E-state index contributed by atoms with van der Waals surface area (Å²) in [4.78, 5) is 23.5. The molecule has 2 aromatic heterocycles. The van der Waals surface area contributed by atoms with Crippen LogP contribution in [0.4, 0.5) is 0 Å². The van der Waals surface area contributed by atoms with Crippen LogP contribution in [0, 0.1) is 0 Å². The molecule has 2 aromatic rings. The number of thiazole rings is 1. The highest BCUT2D eigenvalue weighted by atomic mass is 32.1. The van der Waals surface area contributed by atoms with Crippen molar-refractivity contribution in [3.05, 3.63) is 27.8 Å². The Hall–Kier alpha value is -1.84. The Morgan fingerprint density at radius 1 is 1.44 bits per heavy atom. The van der Waals surface area contributed by atoms with E-state index >= 15 is 0 Å². The first-order chi connectivity index (χ1) is 11.9. The number of methoxy groups -OCH3 is 1. The molecule has 1 unspecified atom stereocenters. The van der Waals surface area contributed by atoms with Gasteiger partial charge in [-0.15, -0.1) is 11.3 Å². The first-order valence-electron chi connectivity index (χ1n) is 8.06. The fraction of sp³-hybridized carbons (Fsp3) is 0.625. The standard InChI is InChI=1S/C16H22N4O4S/c1-16(2,3)15-17-10(9-25-15)14(21)20-5-6-23-7-11(20)13-18-12(8-22-4)24-19-13/h9,11H,5-8H2,1-4H3. The summed E-state index contributed by atoms with van der Waals surface area (Å²) >= 11 is 1.50. The molecule has 1 amide bonds. The summed E-state index contributed by atoms with van der Waals surface area (Å²) < 4.78 is 15.7. The van der Waals surface area contributed by atoms with Crippen LogP contribution in [0.15, 0.2) is 9.90 Å². The van der Waals surface area contributed by atoms with Crippen molar-refractivity contribution in [3.63, 3.8) is 0 Å². The predicted octanol–water partition coefficient (Wildman–Crippen LogP) is 2.18. The van der Waals surface area contributed by atoms with Crippen molar-refractivity contribution in [2.75, 3.05) is 26.9 Å². The van der Waals surface area contributed by atoms with E-state index in [1.807, 2.05) is 5.38 Å². The van der Waals surface area contributed by atoms with E-state index < -0.39 is 6.04 Å². The van der Waals surface area contributed by atoms with Crippen molar-refractivity contribution in [1.29, 1.82) is 0 Å². The van der Waals surface area contributed by atoms with Crippen LogP contribution in [0.1, 0.15) is 54.0 Å². The zero-order chi connectivity index (χ0) is 18.0. The molecule has 0 aliphatic carbocycles. The molecule has 1 aliphatic heterocycles. The lowest BCUT2D eigenvalue weighted by molar-refractivity contribution is -0.00604. The van der Waals surface area contributed by atoms with E-state index in [0.29, 0.717) is 37.2 Å². The average Bonchev–Trinajstić information content (AvgIpc) is 3.23. The van der Waals surface area contributed by atoms with E-state index in [0.717, 1.165) is 5.01 Å². The Morgan fingerprint density at radius 3 is 2.92 bits per heavy atom. The Bertz CT molecular complexity index is 737. The van der Waals surface area contributed by atoms with E-state index in [1.54, 1.807) is 12.0 Å². The molecular formula is C16H22N4O4S. The number of ether oxygens (including phenoxy) is 2. The third kappa shape index (κ3) is 3.88. The maximum atomic E-state index is 13.0. The van der Waals surface area contributed by atoms with Crippen molar-refractivity contribution in [1.82, 2.24) is 20.0 Å². The summed E-state index contributed by atoms with van der Waals surface area (Å²) in [7, 11) is 1.55. The number of amides is 1. The van der Waals surface area contributed by atoms with Gasteiger partial charge in [-0.1, -0.05) is 25.9 Å². The Labute approximate surface area is 150 Å². The van der Waals surface area contributed by atoms with Gasteiger partial charge in [0.05, 0.1) is 18.2 Å². The van der Waals surface area contributed by atoms with Crippen molar-refractivity contribution in [2.45, 2.75) is 38.8 Å². The number of morpholine rings is 1. The maximum absolute atomic E-state index is 13.0. The van der Waals surface area contributed by atoms with Gasteiger partial charge >= 0.3 is 0 Å². The third-order valence-electron chi connectivity index (χ3n) is 3.80. The second kappa shape index (κ2) is 7.19. The lowest BCUT2D eigenvalue weighted by atomic mass is 9.98. The van der Waals surface area contributed by atoms with E-state index in [-0.39, 0.29) is 17.9 Å². The molecular weight excluding hydrogens is 344 g/mol. The number of rotatable bonds is 4. The van der Waals surface area contributed by atoms with Crippen molar-refractivity contribution in [2.24, 2.45) is 0 Å². The average molecular weight is 366 g/mol. The van der Waals surface area contributed by atoms with Gasteiger partial charge in [0.2, 0.25) is 0 Å². The number of carbonyl (C=O) groups is 1. The number of carbonyl (C=O) groups excluding carboxylic acids is 1. The number of hydrogen-bond acceptors (Lipinski definition) is 8. The zero-order valence-electron chi connectivity index (χ0n) is 14.8. The SMILES string of the molecule is COCc1nc(C2COCCN2C(=O)c2csc(C(C)(C)C)n2)no1. The summed E-state index contributed by atoms with van der Waals surface area (Å²) in [5.74, 6) is 0.656. The Balaban J connectivity index is 1.82. The predicted molar refractivity (Wildman–Crippen MR) is 90.4 cm³/mol. The largest absolute Gasteiger partial charge is 0.377 e. The molecule has 0 saturated carbocycles. The van der Waals surface area contributed by atoms with Gasteiger partial charge in [-0.05, 0) is 0 Å². The summed E-state index contributed by atoms with van der Waals surface area (Å²) in [6, 6.07) is -0.393. The monoisotopic (exact) mass is 366 g/mol. The highest BCUT2D eigenvalue weighted by Gasteiger charge is 2.34. The molecule has 0 bridgehead atoms. The van der Waals surface area contributed by atoms with Crippen LogP contribution in [0.5, 0.6) is 0 Å². The second-order valence-corrected chi connectivity index (χ2v) is 7.71.